The standard InChI is InChI=1S/C30H44F3N5O7S/c1-20-15-38(21(2)18-39)29(41)24-14-23(35-46(42,43)27-17-36(4)19-34-27)9-10-25(24)45-22(3)8-6-7-13-44-26(20)16-37(5)28(40)11-12-30(31,32)33/h9-10,14,17,19-22,26,35,39H,6-8,11-13,15-16,18H2,1-5H3/t20-,21+,22+,26+/m0/s1. The predicted molar refractivity (Wildman–Crippen MR) is 164 cm³/mol. The van der Waals surface area contributed by atoms with Gasteiger partial charge in [0.05, 0.1) is 43.2 Å². The van der Waals surface area contributed by atoms with E-state index in [0.29, 0.717) is 25.9 Å². The summed E-state index contributed by atoms with van der Waals surface area (Å²) < 4.78 is 80.4. The second kappa shape index (κ2) is 16.0. The number of rotatable bonds is 9. The van der Waals surface area contributed by atoms with E-state index >= 15 is 0 Å². The number of likely N-dealkylation sites (N-methyl/N-ethyl adjacent to an activating group) is 1. The molecule has 1 aliphatic heterocycles. The topological polar surface area (TPSA) is 143 Å². The zero-order valence-corrected chi connectivity index (χ0v) is 27.6. The van der Waals surface area contributed by atoms with Gasteiger partial charge in [-0.1, -0.05) is 6.92 Å². The van der Waals surface area contributed by atoms with Crippen molar-refractivity contribution < 1.29 is 45.8 Å². The number of aliphatic hydroxyl groups is 1. The lowest BCUT2D eigenvalue weighted by atomic mass is 10.0. The average molecular weight is 676 g/mol. The van der Waals surface area contributed by atoms with Gasteiger partial charge in [0.25, 0.3) is 15.9 Å². The molecule has 1 aliphatic rings. The van der Waals surface area contributed by atoms with Gasteiger partial charge in [0.2, 0.25) is 5.91 Å². The van der Waals surface area contributed by atoms with Crippen molar-refractivity contribution in [2.75, 3.05) is 38.1 Å². The number of aromatic nitrogens is 2. The molecule has 1 aromatic heterocycles. The van der Waals surface area contributed by atoms with Crippen molar-refractivity contribution in [2.45, 2.75) is 82.3 Å². The molecule has 4 atom stereocenters. The molecule has 0 radical (unpaired) electrons. The first-order chi connectivity index (χ1) is 21.5. The van der Waals surface area contributed by atoms with Crippen molar-refractivity contribution >= 4 is 27.5 Å². The molecule has 258 valence electrons. The van der Waals surface area contributed by atoms with Gasteiger partial charge in [-0.15, -0.1) is 0 Å². The average Bonchev–Trinajstić information content (AvgIpc) is 3.44. The highest BCUT2D eigenvalue weighted by atomic mass is 32.2. The molecule has 2 heterocycles. The molecule has 0 saturated heterocycles. The van der Waals surface area contributed by atoms with Crippen molar-refractivity contribution in [3.8, 4) is 5.75 Å². The van der Waals surface area contributed by atoms with E-state index in [9.17, 15) is 36.3 Å². The van der Waals surface area contributed by atoms with Crippen LogP contribution in [-0.2, 0) is 26.6 Å². The van der Waals surface area contributed by atoms with Crippen LogP contribution in [0.4, 0.5) is 18.9 Å². The lowest BCUT2D eigenvalue weighted by Gasteiger charge is -2.36. The number of benzene rings is 1. The molecule has 2 aromatic rings. The number of halogens is 3. The lowest BCUT2D eigenvalue weighted by molar-refractivity contribution is -0.149. The lowest BCUT2D eigenvalue weighted by Crippen LogP contribution is -2.48. The molecule has 2 N–H and O–H groups in total. The van der Waals surface area contributed by atoms with E-state index < -0.39 is 65.5 Å². The van der Waals surface area contributed by atoms with Gasteiger partial charge < -0.3 is 28.9 Å². The number of sulfonamides is 1. The molecule has 0 fully saturated rings. The van der Waals surface area contributed by atoms with Gasteiger partial charge in [-0.2, -0.15) is 21.6 Å². The van der Waals surface area contributed by atoms with Gasteiger partial charge in [0.15, 0.2) is 5.03 Å². The van der Waals surface area contributed by atoms with Crippen LogP contribution in [0.15, 0.2) is 35.7 Å². The summed E-state index contributed by atoms with van der Waals surface area (Å²) in [5.41, 5.74) is 0.162. The smallest absolute Gasteiger partial charge is 0.389 e. The van der Waals surface area contributed by atoms with Crippen molar-refractivity contribution in [2.24, 2.45) is 13.0 Å². The number of nitrogens with one attached hydrogen (secondary N) is 1. The Morgan fingerprint density at radius 1 is 1.26 bits per heavy atom. The van der Waals surface area contributed by atoms with Crippen LogP contribution in [0.25, 0.3) is 0 Å². The summed E-state index contributed by atoms with van der Waals surface area (Å²) in [4.78, 5) is 33.2. The first-order valence-electron chi connectivity index (χ1n) is 15.2. The number of carbonyl (C=O) groups excluding carboxylic acids is 2. The Morgan fingerprint density at radius 2 is 1.98 bits per heavy atom. The number of alkyl halides is 3. The fraction of sp³-hybridized carbons (Fsp3) is 0.633. The Bertz CT molecular complexity index is 1440. The van der Waals surface area contributed by atoms with E-state index in [1.807, 2.05) is 6.92 Å². The number of fused-ring (bicyclic) bond motifs is 1. The van der Waals surface area contributed by atoms with Crippen LogP contribution in [0.2, 0.25) is 0 Å². The molecule has 46 heavy (non-hydrogen) atoms. The molecule has 0 spiro atoms. The van der Waals surface area contributed by atoms with Gasteiger partial charge in [-0.25, -0.2) is 4.98 Å². The largest absolute Gasteiger partial charge is 0.490 e. The third-order valence-corrected chi connectivity index (χ3v) is 9.03. The van der Waals surface area contributed by atoms with Crippen molar-refractivity contribution in [1.82, 2.24) is 19.4 Å². The Labute approximate surface area is 267 Å². The fourth-order valence-electron chi connectivity index (χ4n) is 4.99. The van der Waals surface area contributed by atoms with E-state index in [4.69, 9.17) is 9.47 Å². The molecule has 3 rings (SSSR count). The molecule has 2 amide bonds. The summed E-state index contributed by atoms with van der Waals surface area (Å²) in [7, 11) is -1.03. The third kappa shape index (κ3) is 10.6. The number of carbonyl (C=O) groups is 2. The Kier molecular flexibility index (Phi) is 12.9. The van der Waals surface area contributed by atoms with Crippen LogP contribution >= 0.6 is 0 Å². The molecular weight excluding hydrogens is 631 g/mol. The molecule has 0 saturated carbocycles. The number of hydrogen-bond acceptors (Lipinski definition) is 8. The van der Waals surface area contributed by atoms with Crippen LogP contribution in [0.5, 0.6) is 5.75 Å². The number of imidazole rings is 1. The number of anilines is 1. The second-order valence-electron chi connectivity index (χ2n) is 11.9. The minimum Gasteiger partial charge on any atom is -0.490 e. The quantitative estimate of drug-likeness (QED) is 0.409. The van der Waals surface area contributed by atoms with Crippen molar-refractivity contribution in [3.05, 3.63) is 36.3 Å². The molecule has 12 nitrogen and oxygen atoms in total. The highest BCUT2D eigenvalue weighted by Crippen LogP contribution is 2.29. The normalized spacial score (nSPS) is 21.1. The third-order valence-electron chi connectivity index (χ3n) is 7.76. The van der Waals surface area contributed by atoms with Gasteiger partial charge >= 0.3 is 6.18 Å². The summed E-state index contributed by atoms with van der Waals surface area (Å²) in [5, 5.41) is 9.89. The zero-order valence-electron chi connectivity index (χ0n) is 26.8. The fourth-order valence-corrected chi connectivity index (χ4v) is 6.03. The van der Waals surface area contributed by atoms with Gasteiger partial charge in [0.1, 0.15) is 5.75 Å². The van der Waals surface area contributed by atoms with E-state index in [1.54, 1.807) is 20.9 Å². The van der Waals surface area contributed by atoms with E-state index in [2.05, 4.69) is 9.71 Å². The van der Waals surface area contributed by atoms with Gasteiger partial charge in [0, 0.05) is 58.0 Å². The summed E-state index contributed by atoms with van der Waals surface area (Å²) >= 11 is 0. The molecule has 16 heteroatoms. The zero-order chi connectivity index (χ0) is 34.2. The minimum atomic E-state index is -4.46. The van der Waals surface area contributed by atoms with Crippen LogP contribution in [-0.4, -0.2) is 102 Å². The number of hydrogen-bond donors (Lipinski definition) is 2. The molecule has 0 unspecified atom stereocenters. The maximum absolute atomic E-state index is 14.2. The van der Waals surface area contributed by atoms with Crippen molar-refractivity contribution in [3.63, 3.8) is 0 Å². The van der Waals surface area contributed by atoms with Crippen LogP contribution < -0.4 is 9.46 Å². The number of aryl methyl sites for hydroxylation is 1. The first kappa shape index (κ1) is 37.1. The molecule has 0 aliphatic carbocycles. The van der Waals surface area contributed by atoms with E-state index in [0.717, 1.165) is 0 Å². The summed E-state index contributed by atoms with van der Waals surface area (Å²) in [6, 6.07) is 3.69. The predicted octanol–water partition coefficient (Wildman–Crippen LogP) is 3.82. The maximum atomic E-state index is 14.2. The van der Waals surface area contributed by atoms with E-state index in [1.165, 1.54) is 52.1 Å². The van der Waals surface area contributed by atoms with Crippen LogP contribution in [0.1, 0.15) is 63.2 Å². The van der Waals surface area contributed by atoms with Gasteiger partial charge in [-0.05, 0) is 51.3 Å². The molecule has 0 bridgehead atoms. The Hall–Kier alpha value is -3.37. The monoisotopic (exact) mass is 675 g/mol. The van der Waals surface area contributed by atoms with Crippen molar-refractivity contribution in [1.29, 1.82) is 0 Å². The number of amides is 2. The number of nitrogens with zero attached hydrogens (tertiary/aromatic N) is 4. The first-order valence-corrected chi connectivity index (χ1v) is 16.6. The summed E-state index contributed by atoms with van der Waals surface area (Å²) in [6.07, 6.45) is -2.67. The number of ether oxygens (including phenoxy) is 2. The highest BCUT2D eigenvalue weighted by Gasteiger charge is 2.33. The molecule has 1 aromatic carbocycles. The Morgan fingerprint density at radius 3 is 2.61 bits per heavy atom. The van der Waals surface area contributed by atoms with Crippen LogP contribution in [0, 0.1) is 5.92 Å². The summed E-state index contributed by atoms with van der Waals surface area (Å²) in [5.74, 6) is -1.40. The van der Waals surface area contributed by atoms with Gasteiger partial charge in [-0.3, -0.25) is 14.3 Å². The van der Waals surface area contributed by atoms with Crippen LogP contribution in [0.3, 0.4) is 0 Å². The Balaban J connectivity index is 1.95. The molecular formula is C30H44F3N5O7S. The highest BCUT2D eigenvalue weighted by molar-refractivity contribution is 7.92. The summed E-state index contributed by atoms with van der Waals surface area (Å²) in [6.45, 7) is 5.28. The van der Waals surface area contributed by atoms with E-state index in [-0.39, 0.29) is 41.2 Å². The maximum Gasteiger partial charge on any atom is 0.389 e. The second-order valence-corrected chi connectivity index (χ2v) is 13.5. The SMILES string of the molecule is C[C@@H]1CCCCO[C@H](CN(C)C(=O)CCC(F)(F)F)[C@@H](C)CN([C@H](C)CO)C(=O)c2cc(NS(=O)(=O)c3cn(C)cn3)ccc2O1. The number of aliphatic hydroxyl groups excluding tert-OH is 1. The minimum absolute atomic E-state index is 0.00292.